The predicted molar refractivity (Wildman–Crippen MR) is 48.9 cm³/mol. The minimum atomic E-state index is 0.472. The van der Waals surface area contributed by atoms with Crippen LogP contribution in [0.4, 0.5) is 0 Å². The first-order valence-corrected chi connectivity index (χ1v) is 4.51. The molecule has 0 saturated heterocycles. The number of hydrogen-bond acceptors (Lipinski definition) is 2. The van der Waals surface area contributed by atoms with E-state index in [2.05, 4.69) is 4.98 Å². The molecule has 1 fully saturated rings. The summed E-state index contributed by atoms with van der Waals surface area (Å²) in [7, 11) is 0. The molecule has 1 aromatic rings. The second-order valence-electron chi connectivity index (χ2n) is 3.33. The quantitative estimate of drug-likeness (QED) is 0.646. The summed E-state index contributed by atoms with van der Waals surface area (Å²) in [5.74, 6) is 0. The third kappa shape index (κ3) is 2.05. The third-order valence-corrected chi connectivity index (χ3v) is 2.22. The molecule has 1 amide bonds. The molecule has 0 N–H and O–H groups in total. The molecule has 68 valence electrons. The van der Waals surface area contributed by atoms with Crippen molar-refractivity contribution in [1.82, 2.24) is 9.88 Å². The van der Waals surface area contributed by atoms with E-state index < -0.39 is 0 Å². The fraction of sp³-hybridized carbons (Fsp3) is 0.400. The van der Waals surface area contributed by atoms with E-state index in [-0.39, 0.29) is 0 Å². The van der Waals surface area contributed by atoms with Gasteiger partial charge in [-0.25, -0.2) is 0 Å². The molecule has 13 heavy (non-hydrogen) atoms. The lowest BCUT2D eigenvalue weighted by Crippen LogP contribution is -2.23. The molecule has 0 unspecified atom stereocenters. The van der Waals surface area contributed by atoms with Crippen LogP contribution in [0.5, 0.6) is 0 Å². The molecular weight excluding hydrogens is 164 g/mol. The minimum Gasteiger partial charge on any atom is -0.336 e. The van der Waals surface area contributed by atoms with Gasteiger partial charge in [-0.1, -0.05) is 6.07 Å². The Bertz CT molecular complexity index is 282. The van der Waals surface area contributed by atoms with Gasteiger partial charge < -0.3 is 4.90 Å². The van der Waals surface area contributed by atoms with Crippen molar-refractivity contribution >= 4 is 6.41 Å². The number of pyridine rings is 1. The van der Waals surface area contributed by atoms with Crippen molar-refractivity contribution in [3.8, 4) is 0 Å². The molecule has 2 rings (SSSR count). The molecule has 0 aromatic carbocycles. The molecule has 1 aromatic heterocycles. The molecule has 1 aliphatic carbocycles. The average molecular weight is 176 g/mol. The lowest BCUT2D eigenvalue weighted by atomic mass is 10.3. The number of carbonyl (C=O) groups is 1. The number of rotatable bonds is 4. The van der Waals surface area contributed by atoms with Crippen LogP contribution in [0.3, 0.4) is 0 Å². The normalized spacial score (nSPS) is 15.4. The van der Waals surface area contributed by atoms with Crippen molar-refractivity contribution in [3.05, 3.63) is 30.1 Å². The topological polar surface area (TPSA) is 33.2 Å². The number of amides is 1. The number of aromatic nitrogens is 1. The molecule has 0 spiro atoms. The maximum absolute atomic E-state index is 10.7. The van der Waals surface area contributed by atoms with Gasteiger partial charge in [0.2, 0.25) is 6.41 Å². The Labute approximate surface area is 77.4 Å². The molecule has 3 heteroatoms. The van der Waals surface area contributed by atoms with E-state index >= 15 is 0 Å². The monoisotopic (exact) mass is 176 g/mol. The van der Waals surface area contributed by atoms with Crippen LogP contribution in [0.25, 0.3) is 0 Å². The first-order chi connectivity index (χ1) is 6.40. The fourth-order valence-corrected chi connectivity index (χ4v) is 1.34. The van der Waals surface area contributed by atoms with Crippen LogP contribution in [0, 0.1) is 0 Å². The highest BCUT2D eigenvalue weighted by Crippen LogP contribution is 2.26. The lowest BCUT2D eigenvalue weighted by molar-refractivity contribution is -0.119. The van der Waals surface area contributed by atoms with Crippen molar-refractivity contribution in [3.63, 3.8) is 0 Å². The number of nitrogens with zero attached hydrogens (tertiary/aromatic N) is 2. The predicted octanol–water partition coefficient (Wildman–Crippen LogP) is 1.20. The summed E-state index contributed by atoms with van der Waals surface area (Å²) < 4.78 is 0. The van der Waals surface area contributed by atoms with Crippen molar-refractivity contribution in [2.45, 2.75) is 25.4 Å². The molecule has 0 radical (unpaired) electrons. The van der Waals surface area contributed by atoms with E-state index in [1.165, 1.54) is 0 Å². The van der Waals surface area contributed by atoms with E-state index in [1.807, 2.05) is 23.1 Å². The highest BCUT2D eigenvalue weighted by atomic mass is 16.1. The zero-order valence-corrected chi connectivity index (χ0v) is 7.39. The zero-order chi connectivity index (χ0) is 9.10. The smallest absolute Gasteiger partial charge is 0.210 e. The Kier molecular flexibility index (Phi) is 2.25. The van der Waals surface area contributed by atoms with Crippen LogP contribution in [0.2, 0.25) is 0 Å². The van der Waals surface area contributed by atoms with E-state index in [0.29, 0.717) is 12.6 Å². The molecule has 0 bridgehead atoms. The van der Waals surface area contributed by atoms with Crippen molar-refractivity contribution in [2.24, 2.45) is 0 Å². The Balaban J connectivity index is 1.99. The SMILES string of the molecule is O=CN(Cc1ccccn1)C1CC1. The second kappa shape index (κ2) is 3.56. The molecule has 0 atom stereocenters. The van der Waals surface area contributed by atoms with Gasteiger partial charge in [-0.3, -0.25) is 9.78 Å². The Morgan fingerprint density at radius 1 is 1.54 bits per heavy atom. The van der Waals surface area contributed by atoms with E-state index in [1.54, 1.807) is 6.20 Å². The van der Waals surface area contributed by atoms with Gasteiger partial charge in [0.1, 0.15) is 0 Å². The summed E-state index contributed by atoms with van der Waals surface area (Å²) in [6.07, 6.45) is 4.97. The van der Waals surface area contributed by atoms with Gasteiger partial charge in [0, 0.05) is 12.2 Å². The largest absolute Gasteiger partial charge is 0.336 e. The number of carbonyl (C=O) groups excluding carboxylic acids is 1. The molecule has 3 nitrogen and oxygen atoms in total. The van der Waals surface area contributed by atoms with Crippen LogP contribution >= 0.6 is 0 Å². The van der Waals surface area contributed by atoms with Gasteiger partial charge in [-0.15, -0.1) is 0 Å². The first kappa shape index (κ1) is 8.23. The highest BCUT2D eigenvalue weighted by molar-refractivity contribution is 5.48. The molecule has 1 aliphatic rings. The van der Waals surface area contributed by atoms with E-state index in [0.717, 1.165) is 24.9 Å². The number of hydrogen-bond donors (Lipinski definition) is 0. The fourth-order valence-electron chi connectivity index (χ4n) is 1.34. The molecule has 1 saturated carbocycles. The summed E-state index contributed by atoms with van der Waals surface area (Å²) in [5, 5.41) is 0. The van der Waals surface area contributed by atoms with Crippen LogP contribution in [-0.4, -0.2) is 22.3 Å². The second-order valence-corrected chi connectivity index (χ2v) is 3.33. The van der Waals surface area contributed by atoms with Crippen molar-refractivity contribution < 1.29 is 4.79 Å². The standard InChI is InChI=1S/C10H12N2O/c13-8-12(10-4-5-10)7-9-3-1-2-6-11-9/h1-3,6,8,10H,4-5,7H2. The summed E-state index contributed by atoms with van der Waals surface area (Å²) in [5.41, 5.74) is 0.960. The van der Waals surface area contributed by atoms with E-state index in [4.69, 9.17) is 0 Å². The van der Waals surface area contributed by atoms with Crippen molar-refractivity contribution in [1.29, 1.82) is 0 Å². The molecule has 0 aliphatic heterocycles. The highest BCUT2D eigenvalue weighted by Gasteiger charge is 2.27. The average Bonchev–Trinajstić information content (AvgIpc) is 2.99. The Morgan fingerprint density at radius 3 is 2.92 bits per heavy atom. The molecular formula is C10H12N2O. The van der Waals surface area contributed by atoms with Gasteiger partial charge >= 0.3 is 0 Å². The van der Waals surface area contributed by atoms with Gasteiger partial charge in [0.25, 0.3) is 0 Å². The van der Waals surface area contributed by atoms with Gasteiger partial charge in [-0.2, -0.15) is 0 Å². The van der Waals surface area contributed by atoms with Crippen LogP contribution in [0.1, 0.15) is 18.5 Å². The first-order valence-electron chi connectivity index (χ1n) is 4.51. The summed E-state index contributed by atoms with van der Waals surface area (Å²) in [6.45, 7) is 0.648. The Morgan fingerprint density at radius 2 is 2.38 bits per heavy atom. The zero-order valence-electron chi connectivity index (χ0n) is 7.39. The maximum Gasteiger partial charge on any atom is 0.210 e. The summed E-state index contributed by atoms with van der Waals surface area (Å²) in [6, 6.07) is 6.24. The lowest BCUT2D eigenvalue weighted by Gasteiger charge is -2.15. The van der Waals surface area contributed by atoms with E-state index in [9.17, 15) is 4.79 Å². The summed E-state index contributed by atoms with van der Waals surface area (Å²) >= 11 is 0. The summed E-state index contributed by atoms with van der Waals surface area (Å²) in [4.78, 5) is 16.7. The van der Waals surface area contributed by atoms with Crippen LogP contribution in [0.15, 0.2) is 24.4 Å². The molecule has 1 heterocycles. The minimum absolute atomic E-state index is 0.472. The van der Waals surface area contributed by atoms with Gasteiger partial charge in [0.05, 0.1) is 12.2 Å². The van der Waals surface area contributed by atoms with Gasteiger partial charge in [-0.05, 0) is 25.0 Å². The van der Waals surface area contributed by atoms with Gasteiger partial charge in [0.15, 0.2) is 0 Å². The maximum atomic E-state index is 10.7. The van der Waals surface area contributed by atoms with Crippen LogP contribution in [-0.2, 0) is 11.3 Å². The third-order valence-electron chi connectivity index (χ3n) is 2.22. The van der Waals surface area contributed by atoms with Crippen LogP contribution < -0.4 is 0 Å². The van der Waals surface area contributed by atoms with Crippen molar-refractivity contribution in [2.75, 3.05) is 0 Å². The Hall–Kier alpha value is -1.38.